The van der Waals surface area contributed by atoms with Crippen molar-refractivity contribution >= 4 is 36.0 Å². The van der Waals surface area contributed by atoms with Gasteiger partial charge in [-0.1, -0.05) is 12.1 Å². The Kier molecular flexibility index (Phi) is 6.89. The Bertz CT molecular complexity index is 996. The van der Waals surface area contributed by atoms with Gasteiger partial charge in [0.05, 0.1) is 11.2 Å². The van der Waals surface area contributed by atoms with E-state index in [1.807, 2.05) is 6.07 Å². The molecule has 0 amide bonds. The van der Waals surface area contributed by atoms with Crippen LogP contribution in [0.15, 0.2) is 42.7 Å². The summed E-state index contributed by atoms with van der Waals surface area (Å²) in [6, 6.07) is 11.2. The molecule has 8 heteroatoms. The molecule has 0 aliphatic carbocycles. The van der Waals surface area contributed by atoms with Crippen LogP contribution in [0.25, 0.3) is 22.3 Å². The Balaban J connectivity index is 0.00000231. The van der Waals surface area contributed by atoms with E-state index in [4.69, 9.17) is 4.98 Å². The van der Waals surface area contributed by atoms with Gasteiger partial charge in [0.15, 0.2) is 5.82 Å². The van der Waals surface area contributed by atoms with Crippen molar-refractivity contribution in [3.05, 3.63) is 42.7 Å². The molecule has 1 atom stereocenters. The number of pyridine rings is 1. The highest BCUT2D eigenvalue weighted by molar-refractivity contribution is 7.59. The molecule has 0 unspecified atom stereocenters. The Labute approximate surface area is 190 Å². The Hall–Kier alpha value is -2.42. The van der Waals surface area contributed by atoms with Gasteiger partial charge in [-0.05, 0) is 44.6 Å². The van der Waals surface area contributed by atoms with Gasteiger partial charge in [0.1, 0.15) is 5.52 Å². The van der Waals surface area contributed by atoms with Crippen LogP contribution in [0.4, 0.5) is 11.5 Å². The van der Waals surface area contributed by atoms with Crippen molar-refractivity contribution < 1.29 is 0 Å². The lowest BCUT2D eigenvalue weighted by Gasteiger charge is -2.34. The Morgan fingerprint density at radius 3 is 2.55 bits per heavy atom. The van der Waals surface area contributed by atoms with Crippen LogP contribution in [0.1, 0.15) is 12.8 Å². The molecule has 0 saturated carbocycles. The summed E-state index contributed by atoms with van der Waals surface area (Å²) in [5.41, 5.74) is 5.02. The molecule has 2 fully saturated rings. The number of rotatable bonds is 4. The molecule has 2 aliphatic heterocycles. The summed E-state index contributed by atoms with van der Waals surface area (Å²) in [5, 5.41) is 7.07. The molecule has 5 rings (SSSR count). The second kappa shape index (κ2) is 9.80. The van der Waals surface area contributed by atoms with Crippen LogP contribution >= 0.6 is 13.5 Å². The first-order valence-corrected chi connectivity index (χ1v) is 10.9. The maximum atomic E-state index is 4.96. The molecular formula is C23H31N7S. The molecule has 0 bridgehead atoms. The third-order valence-electron chi connectivity index (χ3n) is 6.13. The van der Waals surface area contributed by atoms with E-state index in [0.29, 0.717) is 6.04 Å². The quantitative estimate of drug-likeness (QED) is 0.650. The van der Waals surface area contributed by atoms with Gasteiger partial charge < -0.3 is 20.4 Å². The van der Waals surface area contributed by atoms with Gasteiger partial charge >= 0.3 is 0 Å². The molecule has 2 N–H and O–H groups in total. The normalized spacial score (nSPS) is 19.8. The number of benzene rings is 1. The fourth-order valence-corrected chi connectivity index (χ4v) is 4.30. The number of nitrogens with zero attached hydrogens (tertiary/aromatic N) is 5. The van der Waals surface area contributed by atoms with Gasteiger partial charge in [-0.15, -0.1) is 0 Å². The topological polar surface area (TPSA) is 69.2 Å². The van der Waals surface area contributed by atoms with Gasteiger partial charge in [0.25, 0.3) is 0 Å². The largest absolute Gasteiger partial charge is 0.369 e. The number of piperidine rings is 1. The zero-order chi connectivity index (χ0) is 20.3. The van der Waals surface area contributed by atoms with Crippen molar-refractivity contribution in [3.63, 3.8) is 0 Å². The summed E-state index contributed by atoms with van der Waals surface area (Å²) in [7, 11) is 2.18. The number of hydrogen-bond acceptors (Lipinski definition) is 7. The molecule has 7 nitrogen and oxygen atoms in total. The first-order valence-electron chi connectivity index (χ1n) is 10.9. The molecule has 0 spiro atoms. The predicted molar refractivity (Wildman–Crippen MR) is 132 cm³/mol. The van der Waals surface area contributed by atoms with E-state index < -0.39 is 0 Å². The van der Waals surface area contributed by atoms with Crippen molar-refractivity contribution in [2.75, 3.05) is 56.5 Å². The van der Waals surface area contributed by atoms with E-state index in [1.54, 1.807) is 12.4 Å². The SMILES string of the molecule is CN1CCN(c2ccc(-c3cc4nccnc4c(N[C@H]4CCCNC4)n3)cc2)CC1.S. The van der Waals surface area contributed by atoms with E-state index in [1.165, 1.54) is 12.1 Å². The van der Waals surface area contributed by atoms with E-state index in [0.717, 1.165) is 73.8 Å². The lowest BCUT2D eigenvalue weighted by molar-refractivity contribution is 0.313. The number of piperazine rings is 1. The van der Waals surface area contributed by atoms with Gasteiger partial charge in [0, 0.05) is 62.4 Å². The summed E-state index contributed by atoms with van der Waals surface area (Å²) in [6.07, 6.45) is 5.79. The van der Waals surface area contributed by atoms with Gasteiger partial charge in [-0.3, -0.25) is 4.98 Å². The van der Waals surface area contributed by atoms with Crippen LogP contribution in [0.2, 0.25) is 0 Å². The monoisotopic (exact) mass is 437 g/mol. The van der Waals surface area contributed by atoms with Gasteiger partial charge in [-0.25, -0.2) is 9.97 Å². The molecular weight excluding hydrogens is 406 g/mol. The van der Waals surface area contributed by atoms with Gasteiger partial charge in [-0.2, -0.15) is 13.5 Å². The van der Waals surface area contributed by atoms with Crippen molar-refractivity contribution in [1.82, 2.24) is 25.2 Å². The maximum Gasteiger partial charge on any atom is 0.155 e. The number of fused-ring (bicyclic) bond motifs is 1. The summed E-state index contributed by atoms with van der Waals surface area (Å²) < 4.78 is 0. The highest BCUT2D eigenvalue weighted by Crippen LogP contribution is 2.28. The van der Waals surface area contributed by atoms with Crippen LogP contribution in [-0.2, 0) is 0 Å². The van der Waals surface area contributed by atoms with Crippen molar-refractivity contribution in [1.29, 1.82) is 0 Å². The standard InChI is InChI=1S/C23H29N7.H2S/c1-29-11-13-30(14-12-29)19-6-4-17(5-7-19)20-15-21-22(26-10-9-25-21)23(28-20)27-18-3-2-8-24-16-18;/h4-7,9-10,15,18,24H,2-3,8,11-14,16H2,1H3,(H,27,28);1H2/t18-;/m0./s1. The van der Waals surface area contributed by atoms with Crippen LogP contribution < -0.4 is 15.5 Å². The third kappa shape index (κ3) is 4.92. The molecule has 1 aromatic carbocycles. The number of nitrogens with one attached hydrogen (secondary N) is 2. The smallest absolute Gasteiger partial charge is 0.155 e. The highest BCUT2D eigenvalue weighted by atomic mass is 32.1. The minimum atomic E-state index is 0. The molecule has 2 saturated heterocycles. The number of anilines is 2. The number of likely N-dealkylation sites (N-methyl/N-ethyl adjacent to an activating group) is 1. The van der Waals surface area contributed by atoms with E-state index in [9.17, 15) is 0 Å². The van der Waals surface area contributed by atoms with Crippen molar-refractivity contribution in [2.45, 2.75) is 18.9 Å². The average Bonchev–Trinajstić information content (AvgIpc) is 2.80. The summed E-state index contributed by atoms with van der Waals surface area (Å²) in [6.45, 7) is 6.40. The first-order chi connectivity index (χ1) is 14.8. The van der Waals surface area contributed by atoms with Crippen molar-refractivity contribution in [3.8, 4) is 11.3 Å². The van der Waals surface area contributed by atoms with Crippen LogP contribution in [-0.4, -0.2) is 72.2 Å². The zero-order valence-corrected chi connectivity index (χ0v) is 19.0. The minimum Gasteiger partial charge on any atom is -0.369 e. The predicted octanol–water partition coefficient (Wildman–Crippen LogP) is 2.72. The fraction of sp³-hybridized carbons (Fsp3) is 0.435. The summed E-state index contributed by atoms with van der Waals surface area (Å²) in [4.78, 5) is 18.9. The highest BCUT2D eigenvalue weighted by Gasteiger charge is 2.17. The minimum absolute atomic E-state index is 0. The van der Waals surface area contributed by atoms with E-state index in [2.05, 4.69) is 61.7 Å². The maximum absolute atomic E-state index is 4.96. The molecule has 2 aliphatic rings. The van der Waals surface area contributed by atoms with Crippen molar-refractivity contribution in [2.24, 2.45) is 0 Å². The third-order valence-corrected chi connectivity index (χ3v) is 6.13. The lowest BCUT2D eigenvalue weighted by Crippen LogP contribution is -2.44. The van der Waals surface area contributed by atoms with E-state index >= 15 is 0 Å². The average molecular weight is 438 g/mol. The fourth-order valence-electron chi connectivity index (χ4n) is 4.30. The van der Waals surface area contributed by atoms with Crippen LogP contribution in [0.5, 0.6) is 0 Å². The Morgan fingerprint density at radius 2 is 1.81 bits per heavy atom. The molecule has 0 radical (unpaired) electrons. The van der Waals surface area contributed by atoms with Crippen LogP contribution in [0, 0.1) is 0 Å². The second-order valence-corrected chi connectivity index (χ2v) is 8.30. The van der Waals surface area contributed by atoms with Crippen LogP contribution in [0.3, 0.4) is 0 Å². The second-order valence-electron chi connectivity index (χ2n) is 8.30. The number of hydrogen-bond donors (Lipinski definition) is 2. The van der Waals surface area contributed by atoms with E-state index in [-0.39, 0.29) is 13.5 Å². The molecule has 31 heavy (non-hydrogen) atoms. The molecule has 164 valence electrons. The number of aromatic nitrogens is 3. The lowest BCUT2D eigenvalue weighted by atomic mass is 10.1. The molecule has 3 aromatic rings. The summed E-state index contributed by atoms with van der Waals surface area (Å²) >= 11 is 0. The Morgan fingerprint density at radius 1 is 1.03 bits per heavy atom. The molecule has 2 aromatic heterocycles. The zero-order valence-electron chi connectivity index (χ0n) is 18.0. The van der Waals surface area contributed by atoms with Gasteiger partial charge in [0.2, 0.25) is 0 Å². The first kappa shape index (κ1) is 21.8. The summed E-state index contributed by atoms with van der Waals surface area (Å²) in [5.74, 6) is 0.826. The molecule has 4 heterocycles.